The van der Waals surface area contributed by atoms with E-state index >= 15 is 0 Å². The Kier molecular flexibility index (Phi) is 4.43. The highest BCUT2D eigenvalue weighted by molar-refractivity contribution is 5.94. The maximum Gasteiger partial charge on any atom is 0.254 e. The van der Waals surface area contributed by atoms with Crippen molar-refractivity contribution >= 4 is 5.91 Å². The van der Waals surface area contributed by atoms with Crippen LogP contribution in [0.3, 0.4) is 0 Å². The molecule has 2 heterocycles. The Morgan fingerprint density at radius 2 is 2.00 bits per heavy atom. The van der Waals surface area contributed by atoms with Crippen LogP contribution in [0.2, 0.25) is 0 Å². The van der Waals surface area contributed by atoms with Crippen LogP contribution in [0.4, 0.5) is 0 Å². The number of aryl methyl sites for hydroxylation is 1. The number of rotatable bonds is 3. The average molecular weight is 357 g/mol. The lowest BCUT2D eigenvalue weighted by atomic mass is 10.0. The first-order valence-corrected chi connectivity index (χ1v) is 8.89. The minimum Gasteiger partial charge on any atom is -0.329 e. The largest absolute Gasteiger partial charge is 0.329 e. The van der Waals surface area contributed by atoms with Crippen molar-refractivity contribution < 1.29 is 4.79 Å². The zero-order chi connectivity index (χ0) is 18.8. The fourth-order valence-electron chi connectivity index (χ4n) is 3.67. The average Bonchev–Trinajstić information content (AvgIpc) is 3.09. The lowest BCUT2D eigenvalue weighted by molar-refractivity contribution is 0.0672. The third-order valence-electron chi connectivity index (χ3n) is 4.91. The molecule has 6 nitrogen and oxygen atoms in total. The quantitative estimate of drug-likeness (QED) is 0.722. The smallest absolute Gasteiger partial charge is 0.254 e. The Bertz CT molecular complexity index is 1020. The molecular formula is C21H19N5O. The molecule has 1 amide bonds. The number of fused-ring (bicyclic) bond motifs is 1. The molecule has 1 aromatic heterocycles. The molecule has 0 saturated carbocycles. The van der Waals surface area contributed by atoms with Crippen LogP contribution in [0.25, 0.3) is 0 Å². The molecule has 4 rings (SSSR count). The first kappa shape index (κ1) is 17.0. The second kappa shape index (κ2) is 7.04. The van der Waals surface area contributed by atoms with Crippen molar-refractivity contribution in [1.82, 2.24) is 19.7 Å². The summed E-state index contributed by atoms with van der Waals surface area (Å²) in [5, 5.41) is 17.6. The molecule has 0 unspecified atom stereocenters. The monoisotopic (exact) mass is 357 g/mol. The van der Waals surface area contributed by atoms with Gasteiger partial charge in [-0.2, -0.15) is 5.26 Å². The van der Waals surface area contributed by atoms with E-state index in [1.807, 2.05) is 25.1 Å². The summed E-state index contributed by atoms with van der Waals surface area (Å²) in [7, 11) is 0. The molecular weight excluding hydrogens is 338 g/mol. The standard InChI is InChI=1S/C21H19N5O/c1-15-23-24-20-14-25(21(27)18-9-5-8-17(10-18)12-22)13-19(26(15)20)11-16-6-3-2-4-7-16/h2-10,19H,11,13-14H2,1H3/t19-/m1/s1. The Labute approximate surface area is 157 Å². The molecule has 0 N–H and O–H groups in total. The second-order valence-electron chi connectivity index (χ2n) is 6.76. The molecule has 27 heavy (non-hydrogen) atoms. The fourth-order valence-corrected chi connectivity index (χ4v) is 3.67. The third-order valence-corrected chi connectivity index (χ3v) is 4.91. The van der Waals surface area contributed by atoms with Crippen LogP contribution in [0.15, 0.2) is 54.6 Å². The van der Waals surface area contributed by atoms with E-state index in [-0.39, 0.29) is 11.9 Å². The maximum absolute atomic E-state index is 13.0. The first-order valence-electron chi connectivity index (χ1n) is 8.89. The first-order chi connectivity index (χ1) is 13.2. The molecule has 1 atom stereocenters. The molecule has 0 fully saturated rings. The van der Waals surface area contributed by atoms with E-state index in [2.05, 4.69) is 33.0 Å². The zero-order valence-corrected chi connectivity index (χ0v) is 15.0. The minimum absolute atomic E-state index is 0.0780. The highest BCUT2D eigenvalue weighted by Crippen LogP contribution is 2.26. The summed E-state index contributed by atoms with van der Waals surface area (Å²) in [5.41, 5.74) is 2.22. The molecule has 0 aliphatic carbocycles. The maximum atomic E-state index is 13.0. The predicted molar refractivity (Wildman–Crippen MR) is 99.8 cm³/mol. The van der Waals surface area contributed by atoms with Crippen molar-refractivity contribution in [2.45, 2.75) is 25.9 Å². The van der Waals surface area contributed by atoms with Crippen molar-refractivity contribution in [3.8, 4) is 6.07 Å². The van der Waals surface area contributed by atoms with Crippen molar-refractivity contribution in [1.29, 1.82) is 5.26 Å². The lowest BCUT2D eigenvalue weighted by Gasteiger charge is -2.34. The van der Waals surface area contributed by atoms with E-state index in [4.69, 9.17) is 5.26 Å². The molecule has 0 bridgehead atoms. The Balaban J connectivity index is 1.64. The molecule has 1 aliphatic rings. The SMILES string of the molecule is Cc1nnc2n1[C@H](Cc1ccccc1)CN(C(=O)c1cccc(C#N)c1)C2. The number of nitrogens with zero attached hydrogens (tertiary/aromatic N) is 5. The highest BCUT2D eigenvalue weighted by Gasteiger charge is 2.31. The molecule has 2 aromatic carbocycles. The number of carbonyl (C=O) groups is 1. The van der Waals surface area contributed by atoms with Crippen molar-refractivity contribution in [2.75, 3.05) is 6.54 Å². The van der Waals surface area contributed by atoms with Gasteiger partial charge >= 0.3 is 0 Å². The van der Waals surface area contributed by atoms with E-state index < -0.39 is 0 Å². The molecule has 0 radical (unpaired) electrons. The van der Waals surface area contributed by atoms with Gasteiger partial charge in [0.05, 0.1) is 24.2 Å². The van der Waals surface area contributed by atoms with Crippen LogP contribution in [-0.4, -0.2) is 32.1 Å². The number of hydrogen-bond donors (Lipinski definition) is 0. The van der Waals surface area contributed by atoms with E-state index in [1.165, 1.54) is 5.56 Å². The summed E-state index contributed by atoms with van der Waals surface area (Å²) < 4.78 is 2.14. The summed E-state index contributed by atoms with van der Waals surface area (Å²) in [6, 6.07) is 19.2. The number of benzene rings is 2. The molecule has 0 saturated heterocycles. The van der Waals surface area contributed by atoms with E-state index in [0.29, 0.717) is 24.2 Å². The van der Waals surface area contributed by atoms with Gasteiger partial charge in [0, 0.05) is 12.1 Å². The molecule has 3 aromatic rings. The lowest BCUT2D eigenvalue weighted by Crippen LogP contribution is -2.42. The number of hydrogen-bond acceptors (Lipinski definition) is 4. The van der Waals surface area contributed by atoms with Gasteiger partial charge in [0.1, 0.15) is 5.82 Å². The van der Waals surface area contributed by atoms with Crippen LogP contribution >= 0.6 is 0 Å². The van der Waals surface area contributed by atoms with Gasteiger partial charge < -0.3 is 9.47 Å². The summed E-state index contributed by atoms with van der Waals surface area (Å²) in [5.74, 6) is 1.58. The number of aromatic nitrogens is 3. The second-order valence-corrected chi connectivity index (χ2v) is 6.76. The van der Waals surface area contributed by atoms with E-state index in [0.717, 1.165) is 18.1 Å². The fraction of sp³-hybridized carbons (Fsp3) is 0.238. The van der Waals surface area contributed by atoms with Crippen molar-refractivity contribution in [2.24, 2.45) is 0 Å². The van der Waals surface area contributed by atoms with Gasteiger partial charge in [0.2, 0.25) is 0 Å². The van der Waals surface area contributed by atoms with Crippen molar-refractivity contribution in [3.05, 3.63) is 82.9 Å². The summed E-state index contributed by atoms with van der Waals surface area (Å²) in [6.07, 6.45) is 0.800. The van der Waals surface area contributed by atoms with Gasteiger partial charge in [0.25, 0.3) is 5.91 Å². The molecule has 0 spiro atoms. The normalized spacial score (nSPS) is 15.9. The number of amides is 1. The van der Waals surface area contributed by atoms with Crippen LogP contribution < -0.4 is 0 Å². The number of carbonyl (C=O) groups excluding carboxylic acids is 1. The Morgan fingerprint density at radius 3 is 2.78 bits per heavy atom. The Morgan fingerprint density at radius 1 is 1.19 bits per heavy atom. The van der Waals surface area contributed by atoms with E-state index in [9.17, 15) is 4.79 Å². The topological polar surface area (TPSA) is 74.8 Å². The Hall–Kier alpha value is -3.46. The highest BCUT2D eigenvalue weighted by atomic mass is 16.2. The predicted octanol–water partition coefficient (Wildman–Crippen LogP) is 2.90. The van der Waals surface area contributed by atoms with Gasteiger partial charge in [0.15, 0.2) is 5.82 Å². The van der Waals surface area contributed by atoms with Crippen LogP contribution in [0.1, 0.15) is 39.2 Å². The number of nitriles is 1. The third kappa shape index (κ3) is 3.32. The van der Waals surface area contributed by atoms with Crippen LogP contribution in [0, 0.1) is 18.3 Å². The van der Waals surface area contributed by atoms with Gasteiger partial charge in [-0.1, -0.05) is 36.4 Å². The van der Waals surface area contributed by atoms with Crippen LogP contribution in [-0.2, 0) is 13.0 Å². The molecule has 1 aliphatic heterocycles. The van der Waals surface area contributed by atoms with Gasteiger partial charge in [-0.15, -0.1) is 10.2 Å². The summed E-state index contributed by atoms with van der Waals surface area (Å²) in [4.78, 5) is 14.8. The van der Waals surface area contributed by atoms with Crippen molar-refractivity contribution in [3.63, 3.8) is 0 Å². The zero-order valence-electron chi connectivity index (χ0n) is 15.0. The summed E-state index contributed by atoms with van der Waals surface area (Å²) in [6.45, 7) is 2.94. The molecule has 6 heteroatoms. The van der Waals surface area contributed by atoms with Gasteiger partial charge in [-0.05, 0) is 37.1 Å². The summed E-state index contributed by atoms with van der Waals surface area (Å²) >= 11 is 0. The van der Waals surface area contributed by atoms with Gasteiger partial charge in [-0.25, -0.2) is 0 Å². The van der Waals surface area contributed by atoms with Crippen LogP contribution in [0.5, 0.6) is 0 Å². The minimum atomic E-state index is -0.0861. The van der Waals surface area contributed by atoms with E-state index in [1.54, 1.807) is 29.2 Å². The molecule has 134 valence electrons. The van der Waals surface area contributed by atoms with Gasteiger partial charge in [-0.3, -0.25) is 4.79 Å².